The zero-order chi connectivity index (χ0) is 13.8. The van der Waals surface area contributed by atoms with Crippen molar-refractivity contribution in [2.45, 2.75) is 33.2 Å². The van der Waals surface area contributed by atoms with E-state index < -0.39 is 0 Å². The molecule has 2 nitrogen and oxygen atoms in total. The molecule has 0 aliphatic rings. The topological polar surface area (TPSA) is 25.2 Å². The van der Waals surface area contributed by atoms with Crippen LogP contribution in [0, 0.1) is 12.7 Å². The molecule has 0 amide bonds. The van der Waals surface area contributed by atoms with Gasteiger partial charge < -0.3 is 9.73 Å². The van der Waals surface area contributed by atoms with Crippen LogP contribution in [0.1, 0.15) is 42.3 Å². The standard InChI is InChI=1S/C16H20FNO/c1-4-15-13(8-9-19-15)16(18-5-2)12-7-6-11(3)14(17)10-12/h6-10,16,18H,4-5H2,1-3H3. The molecule has 0 bridgehead atoms. The Kier molecular flexibility index (Phi) is 4.38. The maximum absolute atomic E-state index is 13.8. The lowest BCUT2D eigenvalue weighted by Gasteiger charge is -2.19. The highest BCUT2D eigenvalue weighted by molar-refractivity contribution is 5.35. The Labute approximate surface area is 113 Å². The Morgan fingerprint density at radius 3 is 2.68 bits per heavy atom. The number of furan rings is 1. The van der Waals surface area contributed by atoms with Gasteiger partial charge in [0.05, 0.1) is 12.3 Å². The molecule has 1 N–H and O–H groups in total. The second kappa shape index (κ2) is 6.02. The van der Waals surface area contributed by atoms with Crippen LogP contribution in [0.25, 0.3) is 0 Å². The van der Waals surface area contributed by atoms with E-state index in [2.05, 4.69) is 12.2 Å². The third-order valence-electron chi connectivity index (χ3n) is 3.35. The fraction of sp³-hybridized carbons (Fsp3) is 0.375. The van der Waals surface area contributed by atoms with E-state index in [0.29, 0.717) is 5.56 Å². The summed E-state index contributed by atoms with van der Waals surface area (Å²) in [6.45, 7) is 6.69. The van der Waals surface area contributed by atoms with Gasteiger partial charge in [-0.15, -0.1) is 0 Å². The van der Waals surface area contributed by atoms with Gasteiger partial charge in [0.15, 0.2) is 0 Å². The third kappa shape index (κ3) is 2.87. The monoisotopic (exact) mass is 261 g/mol. The van der Waals surface area contributed by atoms with Crippen molar-refractivity contribution in [3.8, 4) is 0 Å². The lowest BCUT2D eigenvalue weighted by atomic mass is 9.97. The summed E-state index contributed by atoms with van der Waals surface area (Å²) in [5.41, 5.74) is 2.69. The molecule has 2 rings (SSSR count). The molecule has 0 radical (unpaired) electrons. The van der Waals surface area contributed by atoms with E-state index >= 15 is 0 Å². The Morgan fingerprint density at radius 2 is 2.05 bits per heavy atom. The highest BCUT2D eigenvalue weighted by atomic mass is 19.1. The van der Waals surface area contributed by atoms with Crippen molar-refractivity contribution in [2.75, 3.05) is 6.54 Å². The molecule has 0 saturated carbocycles. The minimum absolute atomic E-state index is 0.0196. The van der Waals surface area contributed by atoms with Gasteiger partial charge in [0.2, 0.25) is 0 Å². The minimum atomic E-state index is -0.165. The zero-order valence-electron chi connectivity index (χ0n) is 11.7. The fourth-order valence-corrected chi connectivity index (χ4v) is 2.30. The second-order valence-electron chi connectivity index (χ2n) is 4.65. The van der Waals surface area contributed by atoms with Crippen LogP contribution < -0.4 is 5.32 Å². The zero-order valence-corrected chi connectivity index (χ0v) is 11.7. The average Bonchev–Trinajstić information content (AvgIpc) is 2.87. The van der Waals surface area contributed by atoms with Crippen molar-refractivity contribution in [3.05, 3.63) is 58.8 Å². The van der Waals surface area contributed by atoms with Crippen LogP contribution in [0.15, 0.2) is 34.9 Å². The number of nitrogens with one attached hydrogen (secondary N) is 1. The first-order valence-corrected chi connectivity index (χ1v) is 6.73. The first kappa shape index (κ1) is 13.8. The van der Waals surface area contributed by atoms with Crippen LogP contribution in [-0.2, 0) is 6.42 Å². The molecule has 1 aromatic carbocycles. The van der Waals surface area contributed by atoms with Gasteiger partial charge >= 0.3 is 0 Å². The molecule has 0 aliphatic heterocycles. The summed E-state index contributed by atoms with van der Waals surface area (Å²) in [6, 6.07) is 7.34. The smallest absolute Gasteiger partial charge is 0.126 e. The summed E-state index contributed by atoms with van der Waals surface area (Å²) >= 11 is 0. The number of benzene rings is 1. The van der Waals surface area contributed by atoms with E-state index in [1.54, 1.807) is 19.3 Å². The predicted molar refractivity (Wildman–Crippen MR) is 74.7 cm³/mol. The van der Waals surface area contributed by atoms with Crippen molar-refractivity contribution >= 4 is 0 Å². The van der Waals surface area contributed by atoms with Gasteiger partial charge in [0.1, 0.15) is 11.6 Å². The van der Waals surface area contributed by atoms with Crippen molar-refractivity contribution in [3.63, 3.8) is 0 Å². The van der Waals surface area contributed by atoms with Crippen LogP contribution in [0.4, 0.5) is 4.39 Å². The summed E-state index contributed by atoms with van der Waals surface area (Å²) in [7, 11) is 0. The summed E-state index contributed by atoms with van der Waals surface area (Å²) in [6.07, 6.45) is 2.53. The first-order chi connectivity index (χ1) is 9.17. The van der Waals surface area contributed by atoms with Gasteiger partial charge in [-0.1, -0.05) is 26.0 Å². The van der Waals surface area contributed by atoms with Crippen LogP contribution >= 0.6 is 0 Å². The fourth-order valence-electron chi connectivity index (χ4n) is 2.30. The van der Waals surface area contributed by atoms with E-state index in [1.165, 1.54) is 0 Å². The molecule has 1 unspecified atom stereocenters. The molecule has 0 saturated heterocycles. The van der Waals surface area contributed by atoms with Crippen molar-refractivity contribution < 1.29 is 8.81 Å². The molecule has 0 spiro atoms. The largest absolute Gasteiger partial charge is 0.469 e. The summed E-state index contributed by atoms with van der Waals surface area (Å²) in [5, 5.41) is 3.40. The van der Waals surface area contributed by atoms with Gasteiger partial charge in [-0.05, 0) is 36.7 Å². The Hall–Kier alpha value is -1.61. The van der Waals surface area contributed by atoms with E-state index in [9.17, 15) is 4.39 Å². The highest BCUT2D eigenvalue weighted by Crippen LogP contribution is 2.27. The second-order valence-corrected chi connectivity index (χ2v) is 4.65. The van der Waals surface area contributed by atoms with Crippen molar-refractivity contribution in [1.29, 1.82) is 0 Å². The normalized spacial score (nSPS) is 12.6. The number of hydrogen-bond acceptors (Lipinski definition) is 2. The average molecular weight is 261 g/mol. The number of aryl methyl sites for hydroxylation is 2. The number of rotatable bonds is 5. The molecule has 0 fully saturated rings. The Bertz CT molecular complexity index is 547. The van der Waals surface area contributed by atoms with Crippen LogP contribution in [-0.4, -0.2) is 6.54 Å². The van der Waals surface area contributed by atoms with E-state index in [0.717, 1.165) is 29.9 Å². The van der Waals surface area contributed by atoms with Crippen LogP contribution in [0.5, 0.6) is 0 Å². The molecule has 1 aromatic heterocycles. The lowest BCUT2D eigenvalue weighted by Crippen LogP contribution is -2.22. The SMILES string of the molecule is CCNC(c1ccc(C)c(F)c1)c1ccoc1CC. The van der Waals surface area contributed by atoms with Crippen LogP contribution in [0.2, 0.25) is 0 Å². The van der Waals surface area contributed by atoms with Crippen molar-refractivity contribution in [1.82, 2.24) is 5.32 Å². The molecule has 1 atom stereocenters. The van der Waals surface area contributed by atoms with Gasteiger partial charge in [-0.3, -0.25) is 0 Å². The van der Waals surface area contributed by atoms with E-state index in [1.807, 2.05) is 25.1 Å². The van der Waals surface area contributed by atoms with Gasteiger partial charge in [0.25, 0.3) is 0 Å². The summed E-state index contributed by atoms with van der Waals surface area (Å²) < 4.78 is 19.2. The summed E-state index contributed by atoms with van der Waals surface area (Å²) in [5.74, 6) is 0.786. The van der Waals surface area contributed by atoms with E-state index in [4.69, 9.17) is 4.42 Å². The molecule has 3 heteroatoms. The van der Waals surface area contributed by atoms with Gasteiger partial charge in [-0.2, -0.15) is 0 Å². The van der Waals surface area contributed by atoms with Gasteiger partial charge in [-0.25, -0.2) is 4.39 Å². The first-order valence-electron chi connectivity index (χ1n) is 6.73. The van der Waals surface area contributed by atoms with Crippen LogP contribution in [0.3, 0.4) is 0 Å². The number of hydrogen-bond donors (Lipinski definition) is 1. The highest BCUT2D eigenvalue weighted by Gasteiger charge is 2.19. The van der Waals surface area contributed by atoms with E-state index in [-0.39, 0.29) is 11.9 Å². The molecule has 102 valence electrons. The Morgan fingerprint density at radius 1 is 1.26 bits per heavy atom. The molecule has 2 aromatic rings. The minimum Gasteiger partial charge on any atom is -0.469 e. The predicted octanol–water partition coefficient (Wildman–Crippen LogP) is 3.99. The molecule has 1 heterocycles. The maximum Gasteiger partial charge on any atom is 0.126 e. The molecule has 0 aliphatic carbocycles. The van der Waals surface area contributed by atoms with Crippen molar-refractivity contribution in [2.24, 2.45) is 0 Å². The molecular formula is C16H20FNO. The lowest BCUT2D eigenvalue weighted by molar-refractivity contribution is 0.501. The summed E-state index contributed by atoms with van der Waals surface area (Å²) in [4.78, 5) is 0. The quantitative estimate of drug-likeness (QED) is 0.880. The number of halogens is 1. The third-order valence-corrected chi connectivity index (χ3v) is 3.35. The maximum atomic E-state index is 13.8. The molecule has 19 heavy (non-hydrogen) atoms. The Balaban J connectivity index is 2.42. The van der Waals surface area contributed by atoms with Gasteiger partial charge in [0, 0.05) is 12.0 Å². The molecular weight excluding hydrogens is 241 g/mol.